The highest BCUT2D eigenvalue weighted by Gasteiger charge is 2.32. The highest BCUT2D eigenvalue weighted by molar-refractivity contribution is 7.09. The summed E-state index contributed by atoms with van der Waals surface area (Å²) in [5.74, 6) is 0. The molecule has 0 bridgehead atoms. The summed E-state index contributed by atoms with van der Waals surface area (Å²) in [6.45, 7) is 3.35. The largest absolute Gasteiger partial charge is 0.399 e. The number of anilines is 1. The predicted octanol–water partition coefficient (Wildman–Crippen LogP) is 4.06. The molecular formula is C16H20N2S. The Kier molecular flexibility index (Phi) is 3.58. The molecule has 1 heterocycles. The van der Waals surface area contributed by atoms with Crippen LogP contribution in [-0.4, -0.2) is 10.9 Å². The lowest BCUT2D eigenvalue weighted by Gasteiger charge is -2.29. The van der Waals surface area contributed by atoms with E-state index >= 15 is 0 Å². The van der Waals surface area contributed by atoms with Gasteiger partial charge in [-0.15, -0.1) is 11.3 Å². The van der Waals surface area contributed by atoms with E-state index in [9.17, 15) is 0 Å². The van der Waals surface area contributed by atoms with Gasteiger partial charge in [0.15, 0.2) is 0 Å². The lowest BCUT2D eigenvalue weighted by Crippen LogP contribution is -2.28. The standard InChI is InChI=1S/C16H20N2S/c1-12(13-4-2-5-14(17)10-13)18(15-7-8-15)11-16-6-3-9-19-16/h2-6,9-10,12,15H,7-8,11,17H2,1H3. The molecule has 1 aromatic carbocycles. The number of hydrogen-bond donors (Lipinski definition) is 1. The Hall–Kier alpha value is -1.32. The van der Waals surface area contributed by atoms with Crippen molar-refractivity contribution in [2.24, 2.45) is 0 Å². The number of hydrogen-bond acceptors (Lipinski definition) is 3. The maximum absolute atomic E-state index is 5.91. The quantitative estimate of drug-likeness (QED) is 0.832. The van der Waals surface area contributed by atoms with Crippen LogP contribution in [0.2, 0.25) is 0 Å². The lowest BCUT2D eigenvalue weighted by atomic mass is 10.1. The molecule has 2 aromatic rings. The summed E-state index contributed by atoms with van der Waals surface area (Å²) in [5.41, 5.74) is 8.09. The van der Waals surface area contributed by atoms with Crippen LogP contribution in [-0.2, 0) is 6.54 Å². The molecule has 0 amide bonds. The van der Waals surface area contributed by atoms with Crippen molar-refractivity contribution >= 4 is 17.0 Å². The van der Waals surface area contributed by atoms with Crippen LogP contribution in [0.25, 0.3) is 0 Å². The summed E-state index contributed by atoms with van der Waals surface area (Å²) >= 11 is 1.85. The average Bonchev–Trinajstić information content (AvgIpc) is 3.12. The van der Waals surface area contributed by atoms with E-state index in [1.807, 2.05) is 17.4 Å². The minimum Gasteiger partial charge on any atom is -0.399 e. The van der Waals surface area contributed by atoms with E-state index in [0.29, 0.717) is 6.04 Å². The van der Waals surface area contributed by atoms with Gasteiger partial charge in [-0.25, -0.2) is 0 Å². The summed E-state index contributed by atoms with van der Waals surface area (Å²) in [7, 11) is 0. The first-order chi connectivity index (χ1) is 9.24. The zero-order valence-electron chi connectivity index (χ0n) is 11.3. The van der Waals surface area contributed by atoms with Crippen LogP contribution in [0.4, 0.5) is 5.69 Å². The molecule has 0 saturated heterocycles. The van der Waals surface area contributed by atoms with Crippen molar-refractivity contribution < 1.29 is 0 Å². The fourth-order valence-electron chi connectivity index (χ4n) is 2.58. The molecule has 2 N–H and O–H groups in total. The van der Waals surface area contributed by atoms with Crippen LogP contribution >= 0.6 is 11.3 Å². The van der Waals surface area contributed by atoms with Crippen LogP contribution in [0.5, 0.6) is 0 Å². The number of thiophene rings is 1. The molecule has 1 aliphatic rings. The number of nitrogens with zero attached hydrogens (tertiary/aromatic N) is 1. The Morgan fingerprint density at radius 2 is 2.16 bits per heavy atom. The molecule has 2 nitrogen and oxygen atoms in total. The highest BCUT2D eigenvalue weighted by Crippen LogP contribution is 2.36. The lowest BCUT2D eigenvalue weighted by molar-refractivity contribution is 0.192. The van der Waals surface area contributed by atoms with E-state index in [2.05, 4.69) is 47.5 Å². The van der Waals surface area contributed by atoms with Gasteiger partial charge in [-0.1, -0.05) is 18.2 Å². The van der Waals surface area contributed by atoms with Gasteiger partial charge in [-0.2, -0.15) is 0 Å². The predicted molar refractivity (Wildman–Crippen MR) is 82.2 cm³/mol. The van der Waals surface area contributed by atoms with Gasteiger partial charge in [0.2, 0.25) is 0 Å². The summed E-state index contributed by atoms with van der Waals surface area (Å²) < 4.78 is 0. The van der Waals surface area contributed by atoms with Gasteiger partial charge in [0.25, 0.3) is 0 Å². The highest BCUT2D eigenvalue weighted by atomic mass is 32.1. The maximum atomic E-state index is 5.91. The van der Waals surface area contributed by atoms with Crippen LogP contribution < -0.4 is 5.73 Å². The van der Waals surface area contributed by atoms with Crippen LogP contribution in [0, 0.1) is 0 Å². The van der Waals surface area contributed by atoms with Crippen LogP contribution in [0.1, 0.15) is 36.2 Å². The maximum Gasteiger partial charge on any atom is 0.0336 e. The molecular weight excluding hydrogens is 252 g/mol. The van der Waals surface area contributed by atoms with Crippen LogP contribution in [0.3, 0.4) is 0 Å². The first-order valence-electron chi connectivity index (χ1n) is 6.87. The zero-order valence-corrected chi connectivity index (χ0v) is 12.1. The molecule has 0 spiro atoms. The second-order valence-corrected chi connectivity index (χ2v) is 6.36. The second-order valence-electron chi connectivity index (χ2n) is 5.33. The first kappa shape index (κ1) is 12.7. The molecule has 1 unspecified atom stereocenters. The van der Waals surface area contributed by atoms with Crippen molar-refractivity contribution in [3.63, 3.8) is 0 Å². The Bertz CT molecular complexity index is 531. The minimum atomic E-state index is 0.429. The summed E-state index contributed by atoms with van der Waals surface area (Å²) in [4.78, 5) is 4.06. The molecule has 19 heavy (non-hydrogen) atoms. The van der Waals surface area contributed by atoms with Gasteiger partial charge < -0.3 is 5.73 Å². The molecule has 1 atom stereocenters. The molecule has 0 radical (unpaired) electrons. The molecule has 1 saturated carbocycles. The average molecular weight is 272 g/mol. The number of nitrogen functional groups attached to an aromatic ring is 1. The molecule has 1 aromatic heterocycles. The third kappa shape index (κ3) is 2.99. The number of nitrogens with two attached hydrogens (primary N) is 1. The molecule has 1 aliphatic carbocycles. The van der Waals surface area contributed by atoms with Gasteiger partial charge in [0.05, 0.1) is 0 Å². The van der Waals surface area contributed by atoms with Gasteiger partial charge in [0.1, 0.15) is 0 Å². The minimum absolute atomic E-state index is 0.429. The smallest absolute Gasteiger partial charge is 0.0336 e. The van der Waals surface area contributed by atoms with E-state index in [1.165, 1.54) is 23.3 Å². The summed E-state index contributed by atoms with van der Waals surface area (Å²) in [6, 6.07) is 13.8. The topological polar surface area (TPSA) is 29.3 Å². The van der Waals surface area contributed by atoms with Crippen molar-refractivity contribution in [3.05, 3.63) is 52.2 Å². The fraction of sp³-hybridized carbons (Fsp3) is 0.375. The molecule has 3 rings (SSSR count). The van der Waals surface area contributed by atoms with E-state index in [-0.39, 0.29) is 0 Å². The van der Waals surface area contributed by atoms with E-state index in [1.54, 1.807) is 0 Å². The van der Waals surface area contributed by atoms with Crippen molar-refractivity contribution in [1.29, 1.82) is 0 Å². The molecule has 1 fully saturated rings. The van der Waals surface area contributed by atoms with Gasteiger partial charge in [0, 0.05) is 29.2 Å². The summed E-state index contributed by atoms with van der Waals surface area (Å²) in [5, 5.41) is 2.16. The monoisotopic (exact) mass is 272 g/mol. The summed E-state index contributed by atoms with van der Waals surface area (Å²) in [6.07, 6.45) is 2.66. The first-order valence-corrected chi connectivity index (χ1v) is 7.75. The molecule has 0 aliphatic heterocycles. The zero-order chi connectivity index (χ0) is 13.2. The SMILES string of the molecule is CC(c1cccc(N)c1)N(Cc1cccs1)C1CC1. The van der Waals surface area contributed by atoms with Crippen molar-refractivity contribution in [3.8, 4) is 0 Å². The molecule has 100 valence electrons. The second kappa shape index (κ2) is 5.35. The number of benzene rings is 1. The normalized spacial score (nSPS) is 16.7. The Labute approximate surface area is 118 Å². The Balaban J connectivity index is 1.79. The van der Waals surface area contributed by atoms with Crippen LogP contribution in [0.15, 0.2) is 41.8 Å². The third-order valence-corrected chi connectivity index (χ3v) is 4.69. The third-order valence-electron chi connectivity index (χ3n) is 3.82. The molecule has 3 heteroatoms. The van der Waals surface area contributed by atoms with Gasteiger partial charge in [-0.3, -0.25) is 4.90 Å². The van der Waals surface area contributed by atoms with E-state index in [0.717, 1.165) is 18.3 Å². The van der Waals surface area contributed by atoms with Crippen molar-refractivity contribution in [1.82, 2.24) is 4.90 Å². The Morgan fingerprint density at radius 1 is 1.32 bits per heavy atom. The van der Waals surface area contributed by atoms with E-state index in [4.69, 9.17) is 5.73 Å². The Morgan fingerprint density at radius 3 is 2.79 bits per heavy atom. The fourth-order valence-corrected chi connectivity index (χ4v) is 3.29. The van der Waals surface area contributed by atoms with Crippen molar-refractivity contribution in [2.45, 2.75) is 38.4 Å². The van der Waals surface area contributed by atoms with Crippen molar-refractivity contribution in [2.75, 3.05) is 5.73 Å². The number of rotatable bonds is 5. The van der Waals surface area contributed by atoms with Gasteiger partial charge >= 0.3 is 0 Å². The van der Waals surface area contributed by atoms with Gasteiger partial charge in [-0.05, 0) is 48.9 Å². The van der Waals surface area contributed by atoms with E-state index < -0.39 is 0 Å².